The summed E-state index contributed by atoms with van der Waals surface area (Å²) in [5.41, 5.74) is 2.08. The Morgan fingerprint density at radius 3 is 2.48 bits per heavy atom. The molecule has 0 spiro atoms. The second kappa shape index (κ2) is 6.50. The molecule has 0 fully saturated rings. The Balaban J connectivity index is 2.23. The van der Waals surface area contributed by atoms with Gasteiger partial charge in [0.15, 0.2) is 11.5 Å². The molecule has 0 N–H and O–H groups in total. The molecule has 0 saturated heterocycles. The van der Waals surface area contributed by atoms with Gasteiger partial charge >= 0.3 is 0 Å². The molecule has 110 valence electrons. The minimum absolute atomic E-state index is 0.0560. The molecule has 5 heteroatoms. The van der Waals surface area contributed by atoms with E-state index in [1.807, 2.05) is 31.2 Å². The van der Waals surface area contributed by atoms with Crippen LogP contribution in [-0.4, -0.2) is 13.1 Å². The van der Waals surface area contributed by atoms with Crippen molar-refractivity contribution < 1.29 is 19.4 Å². The maximum absolute atomic E-state index is 10.9. The fourth-order valence-electron chi connectivity index (χ4n) is 1.82. The third-order valence-corrected chi connectivity index (χ3v) is 3.25. The van der Waals surface area contributed by atoms with Crippen LogP contribution in [0, 0.1) is 6.92 Å². The van der Waals surface area contributed by atoms with Gasteiger partial charge in [-0.3, -0.25) is 0 Å². The Bertz CT molecular complexity index is 650. The predicted molar refractivity (Wildman–Crippen MR) is 77.8 cm³/mol. The molecule has 21 heavy (non-hydrogen) atoms. The van der Waals surface area contributed by atoms with E-state index in [2.05, 4.69) is 0 Å². The summed E-state index contributed by atoms with van der Waals surface area (Å²) in [5.74, 6) is -0.751. The van der Waals surface area contributed by atoms with Crippen LogP contribution >= 0.6 is 11.6 Å². The molecule has 2 aromatic rings. The van der Waals surface area contributed by atoms with Gasteiger partial charge in [-0.1, -0.05) is 41.4 Å². The molecule has 2 aromatic carbocycles. The van der Waals surface area contributed by atoms with E-state index in [0.29, 0.717) is 12.4 Å². The first-order chi connectivity index (χ1) is 10.0. The lowest BCUT2D eigenvalue weighted by molar-refractivity contribution is -0.255. The Labute approximate surface area is 127 Å². The molecule has 0 atom stereocenters. The van der Waals surface area contributed by atoms with Crippen LogP contribution in [0.25, 0.3) is 0 Å². The lowest BCUT2D eigenvalue weighted by atomic mass is 10.1. The van der Waals surface area contributed by atoms with E-state index in [0.717, 1.165) is 11.1 Å². The van der Waals surface area contributed by atoms with Gasteiger partial charge in [-0.25, -0.2) is 0 Å². The zero-order valence-electron chi connectivity index (χ0n) is 11.7. The monoisotopic (exact) mass is 305 g/mol. The van der Waals surface area contributed by atoms with Crippen LogP contribution in [0.5, 0.6) is 11.5 Å². The van der Waals surface area contributed by atoms with Crippen LogP contribution in [0.2, 0.25) is 5.02 Å². The Hall–Kier alpha value is -2.20. The molecule has 0 radical (unpaired) electrons. The lowest BCUT2D eigenvalue weighted by Crippen LogP contribution is -2.22. The summed E-state index contributed by atoms with van der Waals surface area (Å²) in [6.45, 7) is 2.31. The molecule has 2 rings (SSSR count). The summed E-state index contributed by atoms with van der Waals surface area (Å²) in [7, 11) is 1.42. The first-order valence-corrected chi connectivity index (χ1v) is 6.66. The van der Waals surface area contributed by atoms with E-state index in [1.165, 1.54) is 19.2 Å². The van der Waals surface area contributed by atoms with Gasteiger partial charge in [0.1, 0.15) is 6.61 Å². The van der Waals surface area contributed by atoms with E-state index >= 15 is 0 Å². The molecule has 0 bridgehead atoms. The van der Waals surface area contributed by atoms with E-state index in [-0.39, 0.29) is 16.3 Å². The number of rotatable bonds is 5. The summed E-state index contributed by atoms with van der Waals surface area (Å²) >= 11 is 6.05. The highest BCUT2D eigenvalue weighted by Crippen LogP contribution is 2.36. The third-order valence-electron chi connectivity index (χ3n) is 2.97. The van der Waals surface area contributed by atoms with Crippen LogP contribution in [0.4, 0.5) is 0 Å². The molecular formula is C16H14ClO4-. The second-order valence-electron chi connectivity index (χ2n) is 4.55. The number of halogens is 1. The first-order valence-electron chi connectivity index (χ1n) is 6.28. The van der Waals surface area contributed by atoms with Crippen molar-refractivity contribution in [3.8, 4) is 11.5 Å². The predicted octanol–water partition coefficient (Wildman–Crippen LogP) is 2.60. The number of methoxy groups -OCH3 is 1. The number of benzene rings is 2. The summed E-state index contributed by atoms with van der Waals surface area (Å²) in [4.78, 5) is 10.9. The Morgan fingerprint density at radius 1 is 1.24 bits per heavy atom. The van der Waals surface area contributed by atoms with Crippen molar-refractivity contribution in [2.75, 3.05) is 7.11 Å². The van der Waals surface area contributed by atoms with Crippen molar-refractivity contribution in [1.82, 2.24) is 0 Å². The van der Waals surface area contributed by atoms with Gasteiger partial charge in [-0.15, -0.1) is 0 Å². The number of carboxylic acids is 1. The molecular weight excluding hydrogens is 292 g/mol. The standard InChI is InChI=1S/C16H15ClO4/c1-10-3-5-11(6-4-10)9-21-15-13(17)7-12(16(18)19)8-14(15)20-2/h3-8H,9H2,1-2H3,(H,18,19)/p-1. The molecule has 0 amide bonds. The maximum Gasteiger partial charge on any atom is 0.180 e. The maximum atomic E-state index is 10.9. The van der Waals surface area contributed by atoms with E-state index < -0.39 is 5.97 Å². The first kappa shape index (κ1) is 15.2. The fourth-order valence-corrected chi connectivity index (χ4v) is 2.08. The minimum atomic E-state index is -1.32. The van der Waals surface area contributed by atoms with E-state index in [4.69, 9.17) is 21.1 Å². The van der Waals surface area contributed by atoms with Crippen LogP contribution in [0.3, 0.4) is 0 Å². The average Bonchev–Trinajstić information content (AvgIpc) is 2.46. The highest BCUT2D eigenvalue weighted by Gasteiger charge is 2.12. The number of hydrogen-bond acceptors (Lipinski definition) is 4. The molecule has 0 heterocycles. The molecule has 4 nitrogen and oxygen atoms in total. The van der Waals surface area contributed by atoms with Crippen molar-refractivity contribution in [2.24, 2.45) is 0 Å². The van der Waals surface area contributed by atoms with Crippen molar-refractivity contribution in [3.05, 3.63) is 58.1 Å². The highest BCUT2D eigenvalue weighted by molar-refractivity contribution is 6.32. The molecule has 0 aromatic heterocycles. The number of aromatic carboxylic acids is 1. The van der Waals surface area contributed by atoms with E-state index in [1.54, 1.807) is 0 Å². The van der Waals surface area contributed by atoms with Gasteiger partial charge in [-0.05, 0) is 24.6 Å². The zero-order chi connectivity index (χ0) is 15.4. The number of carbonyl (C=O) groups excluding carboxylic acids is 1. The largest absolute Gasteiger partial charge is 0.545 e. The van der Waals surface area contributed by atoms with Crippen molar-refractivity contribution >= 4 is 17.6 Å². The molecule has 0 saturated carbocycles. The summed E-state index contributed by atoms with van der Waals surface area (Å²) in [6.07, 6.45) is 0. The van der Waals surface area contributed by atoms with Gasteiger partial charge in [0.2, 0.25) is 0 Å². The van der Waals surface area contributed by atoms with Crippen LogP contribution in [-0.2, 0) is 6.61 Å². The number of hydrogen-bond donors (Lipinski definition) is 0. The molecule has 0 aliphatic carbocycles. The normalized spacial score (nSPS) is 10.2. The van der Waals surface area contributed by atoms with Crippen molar-refractivity contribution in [1.29, 1.82) is 0 Å². The van der Waals surface area contributed by atoms with Crippen LogP contribution in [0.1, 0.15) is 21.5 Å². The zero-order valence-corrected chi connectivity index (χ0v) is 12.4. The number of aryl methyl sites for hydroxylation is 1. The minimum Gasteiger partial charge on any atom is -0.545 e. The van der Waals surface area contributed by atoms with Gasteiger partial charge in [-0.2, -0.15) is 0 Å². The highest BCUT2D eigenvalue weighted by atomic mass is 35.5. The molecule has 0 unspecified atom stereocenters. The van der Waals surface area contributed by atoms with Crippen molar-refractivity contribution in [3.63, 3.8) is 0 Å². The molecule has 0 aliphatic rings. The quantitative estimate of drug-likeness (QED) is 0.852. The van der Waals surface area contributed by atoms with E-state index in [9.17, 15) is 9.90 Å². The Kier molecular flexibility index (Phi) is 4.70. The lowest BCUT2D eigenvalue weighted by Gasteiger charge is -2.14. The van der Waals surface area contributed by atoms with Crippen LogP contribution in [0.15, 0.2) is 36.4 Å². The summed E-state index contributed by atoms with van der Waals surface area (Å²) < 4.78 is 10.8. The topological polar surface area (TPSA) is 58.6 Å². The van der Waals surface area contributed by atoms with Gasteiger partial charge < -0.3 is 19.4 Å². The third kappa shape index (κ3) is 3.67. The number of carboxylic acid groups (broad SMARTS) is 1. The SMILES string of the molecule is COc1cc(C(=O)[O-])cc(Cl)c1OCc1ccc(C)cc1. The van der Waals surface area contributed by atoms with Gasteiger partial charge in [0.25, 0.3) is 0 Å². The number of ether oxygens (including phenoxy) is 2. The molecule has 0 aliphatic heterocycles. The fraction of sp³-hybridized carbons (Fsp3) is 0.188. The summed E-state index contributed by atoms with van der Waals surface area (Å²) in [6, 6.07) is 10.5. The average molecular weight is 306 g/mol. The van der Waals surface area contributed by atoms with Gasteiger partial charge in [0, 0.05) is 5.56 Å². The Morgan fingerprint density at radius 2 is 1.90 bits per heavy atom. The van der Waals surface area contributed by atoms with Crippen LogP contribution < -0.4 is 14.6 Å². The summed E-state index contributed by atoms with van der Waals surface area (Å²) in [5, 5.41) is 11.0. The van der Waals surface area contributed by atoms with Gasteiger partial charge in [0.05, 0.1) is 18.1 Å². The smallest absolute Gasteiger partial charge is 0.180 e. The van der Waals surface area contributed by atoms with Crippen molar-refractivity contribution in [2.45, 2.75) is 13.5 Å². The number of carbonyl (C=O) groups is 1. The second-order valence-corrected chi connectivity index (χ2v) is 4.96.